The van der Waals surface area contributed by atoms with Crippen LogP contribution in [0.5, 0.6) is 0 Å². The zero-order chi connectivity index (χ0) is 15.6. The molecule has 4 N–H and O–H groups in total. The number of hydrogen-bond acceptors (Lipinski definition) is 6. The molecule has 0 radical (unpaired) electrons. The van der Waals surface area contributed by atoms with Crippen molar-refractivity contribution in [2.45, 2.75) is 9.79 Å². The van der Waals surface area contributed by atoms with Crippen LogP contribution in [0.3, 0.4) is 0 Å². The van der Waals surface area contributed by atoms with E-state index in [0.29, 0.717) is 0 Å². The number of hydrogen-bond donors (Lipinski definition) is 2. The number of sulfone groups is 2. The van der Waals surface area contributed by atoms with Gasteiger partial charge >= 0.3 is 0 Å². The lowest BCUT2D eigenvalue weighted by molar-refractivity contribution is 0.600. The molecule has 10 heteroatoms. The predicted octanol–water partition coefficient (Wildman–Crippen LogP) is -0.899. The minimum Gasteiger partial charge on any atom is -0.369 e. The highest BCUT2D eigenvalue weighted by Crippen LogP contribution is 2.19. The quantitative estimate of drug-likeness (QED) is 0.418. The van der Waals surface area contributed by atoms with E-state index in [1.54, 1.807) is 0 Å². The molecule has 0 amide bonds. The molecule has 1 aromatic carbocycles. The van der Waals surface area contributed by atoms with Crippen molar-refractivity contribution < 1.29 is 16.8 Å². The molecule has 0 aromatic heterocycles. The molecule has 0 unspecified atom stereocenters. The maximum atomic E-state index is 11.7. The highest BCUT2D eigenvalue weighted by atomic mass is 32.2. The van der Waals surface area contributed by atoms with Crippen molar-refractivity contribution in [2.24, 2.45) is 21.7 Å². The van der Waals surface area contributed by atoms with Crippen LogP contribution in [0, 0.1) is 0 Å². The molecule has 110 valence electrons. The maximum absolute atomic E-state index is 11.7. The third-order valence-corrected chi connectivity index (χ3v) is 4.45. The zero-order valence-corrected chi connectivity index (χ0v) is 12.4. The molecule has 0 saturated carbocycles. The summed E-state index contributed by atoms with van der Waals surface area (Å²) >= 11 is 0. The number of nitrogens with two attached hydrogens (primary N) is 2. The molecule has 20 heavy (non-hydrogen) atoms. The smallest absolute Gasteiger partial charge is 0.211 e. The van der Waals surface area contributed by atoms with Crippen molar-refractivity contribution in [2.75, 3.05) is 12.5 Å². The lowest BCUT2D eigenvalue weighted by Gasteiger charge is -2.06. The van der Waals surface area contributed by atoms with Crippen molar-refractivity contribution in [3.05, 3.63) is 23.8 Å². The normalized spacial score (nSPS) is 12.5. The predicted molar refractivity (Wildman–Crippen MR) is 76.1 cm³/mol. The highest BCUT2D eigenvalue weighted by molar-refractivity contribution is 7.91. The topological polar surface area (TPSA) is 145 Å². The molecule has 0 aliphatic rings. The van der Waals surface area contributed by atoms with Gasteiger partial charge in [-0.1, -0.05) is 6.07 Å². The van der Waals surface area contributed by atoms with E-state index in [-0.39, 0.29) is 21.3 Å². The van der Waals surface area contributed by atoms with Crippen molar-refractivity contribution in [1.29, 1.82) is 0 Å². The SMILES string of the molecule is CS(=O)(=O)c1ccc(C=NN=C(N)N)c(S(C)(=O)=O)c1. The first-order valence-electron chi connectivity index (χ1n) is 5.18. The summed E-state index contributed by atoms with van der Waals surface area (Å²) in [5.74, 6) is -0.282. The van der Waals surface area contributed by atoms with Crippen LogP contribution < -0.4 is 11.5 Å². The lowest BCUT2D eigenvalue weighted by Crippen LogP contribution is -2.21. The Morgan fingerprint density at radius 2 is 1.70 bits per heavy atom. The second-order valence-electron chi connectivity index (χ2n) is 4.01. The minimum absolute atomic E-state index is 0.100. The van der Waals surface area contributed by atoms with E-state index in [1.165, 1.54) is 12.1 Å². The largest absolute Gasteiger partial charge is 0.369 e. The molecule has 0 heterocycles. The van der Waals surface area contributed by atoms with Gasteiger partial charge in [-0.25, -0.2) is 16.8 Å². The number of rotatable bonds is 4. The van der Waals surface area contributed by atoms with Gasteiger partial charge in [0, 0.05) is 18.1 Å². The summed E-state index contributed by atoms with van der Waals surface area (Å²) in [4.78, 5) is -0.271. The van der Waals surface area contributed by atoms with Gasteiger partial charge < -0.3 is 11.5 Å². The molecule has 0 spiro atoms. The monoisotopic (exact) mass is 318 g/mol. The fraction of sp³-hybridized carbons (Fsp3) is 0.200. The van der Waals surface area contributed by atoms with Gasteiger partial charge in [0.25, 0.3) is 0 Å². The van der Waals surface area contributed by atoms with Gasteiger partial charge in [0.15, 0.2) is 19.7 Å². The summed E-state index contributed by atoms with van der Waals surface area (Å²) in [5.41, 5.74) is 10.3. The maximum Gasteiger partial charge on any atom is 0.211 e. The van der Waals surface area contributed by atoms with Crippen LogP contribution in [-0.4, -0.2) is 41.5 Å². The average Bonchev–Trinajstić information content (AvgIpc) is 2.25. The van der Waals surface area contributed by atoms with E-state index in [4.69, 9.17) is 11.5 Å². The van der Waals surface area contributed by atoms with Gasteiger partial charge in [-0.05, 0) is 12.1 Å². The zero-order valence-electron chi connectivity index (χ0n) is 10.8. The first-order valence-corrected chi connectivity index (χ1v) is 8.96. The molecular weight excluding hydrogens is 304 g/mol. The Hall–Kier alpha value is -1.94. The molecule has 0 bridgehead atoms. The Balaban J connectivity index is 3.48. The van der Waals surface area contributed by atoms with Gasteiger partial charge in [-0.3, -0.25) is 0 Å². The molecule has 1 aromatic rings. The fourth-order valence-corrected chi connectivity index (χ4v) is 2.94. The molecule has 0 atom stereocenters. The lowest BCUT2D eigenvalue weighted by atomic mass is 10.2. The summed E-state index contributed by atoms with van der Waals surface area (Å²) in [6.45, 7) is 0. The Labute approximate surface area is 117 Å². The second kappa shape index (κ2) is 5.59. The molecular formula is C10H14N4O4S2. The Morgan fingerprint density at radius 1 is 1.10 bits per heavy atom. The Bertz CT molecular complexity index is 775. The molecule has 0 saturated heterocycles. The summed E-state index contributed by atoms with van der Waals surface area (Å²) in [7, 11) is -7.15. The van der Waals surface area contributed by atoms with Crippen LogP contribution in [0.25, 0.3) is 0 Å². The van der Waals surface area contributed by atoms with Crippen LogP contribution in [0.15, 0.2) is 38.2 Å². The highest BCUT2D eigenvalue weighted by Gasteiger charge is 2.16. The minimum atomic E-state index is -3.63. The molecule has 0 fully saturated rings. The number of nitrogens with zero attached hydrogens (tertiary/aromatic N) is 2. The van der Waals surface area contributed by atoms with Crippen molar-refractivity contribution in [3.63, 3.8) is 0 Å². The van der Waals surface area contributed by atoms with E-state index in [2.05, 4.69) is 10.2 Å². The van der Waals surface area contributed by atoms with Crippen molar-refractivity contribution >= 4 is 31.8 Å². The van der Waals surface area contributed by atoms with E-state index in [1.807, 2.05) is 0 Å². The van der Waals surface area contributed by atoms with E-state index in [0.717, 1.165) is 24.8 Å². The summed E-state index contributed by atoms with van der Waals surface area (Å²) in [5, 5.41) is 6.85. The van der Waals surface area contributed by atoms with Gasteiger partial charge in [0.1, 0.15) is 0 Å². The summed E-state index contributed by atoms with van der Waals surface area (Å²) in [6, 6.07) is 3.67. The number of benzene rings is 1. The summed E-state index contributed by atoms with van der Waals surface area (Å²) in [6.07, 6.45) is 3.08. The van der Waals surface area contributed by atoms with Crippen LogP contribution >= 0.6 is 0 Å². The standard InChI is InChI=1S/C10H14N4O4S2/c1-19(15,16)8-4-3-7(6-13-14-10(11)12)9(5-8)20(2,17)18/h3-6H,1-2H3,(H4,11,12,14). The second-order valence-corrected chi connectivity index (χ2v) is 8.01. The Morgan fingerprint density at radius 3 is 2.15 bits per heavy atom. The average molecular weight is 318 g/mol. The third-order valence-electron chi connectivity index (χ3n) is 2.18. The van der Waals surface area contributed by atoms with E-state index in [9.17, 15) is 16.8 Å². The summed E-state index contributed by atoms with van der Waals surface area (Å²) < 4.78 is 46.3. The van der Waals surface area contributed by atoms with Crippen LogP contribution in [0.4, 0.5) is 0 Å². The third kappa shape index (κ3) is 4.31. The van der Waals surface area contributed by atoms with E-state index >= 15 is 0 Å². The van der Waals surface area contributed by atoms with Crippen LogP contribution in [0.2, 0.25) is 0 Å². The van der Waals surface area contributed by atoms with Gasteiger partial charge in [-0.15, -0.1) is 5.10 Å². The Kier molecular flexibility index (Phi) is 4.50. The molecule has 0 aliphatic heterocycles. The van der Waals surface area contributed by atoms with Gasteiger partial charge in [0.2, 0.25) is 5.96 Å². The molecule has 1 rings (SSSR count). The van der Waals surface area contributed by atoms with Crippen molar-refractivity contribution in [1.82, 2.24) is 0 Å². The van der Waals surface area contributed by atoms with Gasteiger partial charge in [0.05, 0.1) is 16.0 Å². The fourth-order valence-electron chi connectivity index (χ4n) is 1.33. The van der Waals surface area contributed by atoms with Crippen LogP contribution in [-0.2, 0) is 19.7 Å². The first kappa shape index (κ1) is 16.1. The van der Waals surface area contributed by atoms with Crippen LogP contribution in [0.1, 0.15) is 5.56 Å². The molecule has 8 nitrogen and oxygen atoms in total. The van der Waals surface area contributed by atoms with Gasteiger partial charge in [-0.2, -0.15) is 5.10 Å². The number of guanidine groups is 1. The first-order chi connectivity index (χ1) is 9.01. The van der Waals surface area contributed by atoms with E-state index < -0.39 is 19.7 Å². The van der Waals surface area contributed by atoms with Crippen molar-refractivity contribution in [3.8, 4) is 0 Å². The molecule has 0 aliphatic carbocycles.